The minimum Gasteiger partial charge on any atom is -0.482 e. The van der Waals surface area contributed by atoms with E-state index in [0.717, 1.165) is 26.1 Å². The number of para-hydroxylation sites is 2. The fourth-order valence-electron chi connectivity index (χ4n) is 3.29. The van der Waals surface area contributed by atoms with E-state index in [2.05, 4.69) is 24.1 Å². The van der Waals surface area contributed by atoms with Crippen LogP contribution >= 0.6 is 0 Å². The molecular formula is C18H26F3N3O2. The first-order valence-corrected chi connectivity index (χ1v) is 8.76. The van der Waals surface area contributed by atoms with E-state index in [1.807, 2.05) is 0 Å². The summed E-state index contributed by atoms with van der Waals surface area (Å²) in [7, 11) is 1.72. The Balaban J connectivity index is 2.01. The molecule has 0 bridgehead atoms. The summed E-state index contributed by atoms with van der Waals surface area (Å²) in [5.74, 6) is 0.316. The molecule has 1 fully saturated rings. The molecule has 1 N–H and O–H groups in total. The molecule has 26 heavy (non-hydrogen) atoms. The third kappa shape index (κ3) is 5.52. The van der Waals surface area contributed by atoms with Crippen LogP contribution in [-0.4, -0.2) is 61.3 Å². The van der Waals surface area contributed by atoms with Gasteiger partial charge in [0.1, 0.15) is 5.75 Å². The standard InChI is InChI=1S/C18H26F3N3O2/c1-4-24-10-9-15(13(2)11-24)23(3)17(25)22-14-7-5-6-8-16(14)26-12-18(19,20)21/h5-8,13,15H,4,9-12H2,1-3H3,(H,22,25)/t13-,15+/m1/s1. The number of hydrogen-bond acceptors (Lipinski definition) is 3. The predicted molar refractivity (Wildman–Crippen MR) is 94.5 cm³/mol. The number of ether oxygens (including phenoxy) is 1. The van der Waals surface area contributed by atoms with Crippen LogP contribution < -0.4 is 10.1 Å². The molecule has 0 aromatic heterocycles. The highest BCUT2D eigenvalue weighted by Gasteiger charge is 2.31. The van der Waals surface area contributed by atoms with Crippen molar-refractivity contribution in [2.24, 2.45) is 5.92 Å². The summed E-state index contributed by atoms with van der Waals surface area (Å²) >= 11 is 0. The zero-order chi connectivity index (χ0) is 19.3. The number of amides is 2. The molecule has 8 heteroatoms. The molecule has 1 saturated heterocycles. The third-order valence-corrected chi connectivity index (χ3v) is 4.73. The number of piperidine rings is 1. The van der Waals surface area contributed by atoms with Crippen LogP contribution in [0.1, 0.15) is 20.3 Å². The lowest BCUT2D eigenvalue weighted by molar-refractivity contribution is -0.153. The number of nitrogens with one attached hydrogen (secondary N) is 1. The van der Waals surface area contributed by atoms with Gasteiger partial charge >= 0.3 is 12.2 Å². The average Bonchev–Trinajstić information content (AvgIpc) is 2.59. The molecule has 0 unspecified atom stereocenters. The molecule has 0 spiro atoms. The molecule has 5 nitrogen and oxygen atoms in total. The summed E-state index contributed by atoms with van der Waals surface area (Å²) in [6.45, 7) is 5.65. The summed E-state index contributed by atoms with van der Waals surface area (Å²) < 4.78 is 42.0. The fourth-order valence-corrected chi connectivity index (χ4v) is 3.29. The van der Waals surface area contributed by atoms with Gasteiger partial charge in [0.05, 0.1) is 5.69 Å². The Hall–Kier alpha value is -1.96. The Bertz CT molecular complexity index is 610. The molecule has 2 rings (SSSR count). The van der Waals surface area contributed by atoms with Gasteiger partial charge in [-0.1, -0.05) is 26.0 Å². The summed E-state index contributed by atoms with van der Waals surface area (Å²) in [5, 5.41) is 2.67. The summed E-state index contributed by atoms with van der Waals surface area (Å²) in [6.07, 6.45) is -3.57. The van der Waals surface area contributed by atoms with Crippen molar-refractivity contribution in [2.45, 2.75) is 32.5 Å². The van der Waals surface area contributed by atoms with Crippen LogP contribution in [0.25, 0.3) is 0 Å². The van der Waals surface area contributed by atoms with Gasteiger partial charge < -0.3 is 19.9 Å². The summed E-state index contributed by atoms with van der Waals surface area (Å²) in [4.78, 5) is 16.6. The molecule has 0 aliphatic carbocycles. The zero-order valence-electron chi connectivity index (χ0n) is 15.3. The van der Waals surface area contributed by atoms with Crippen LogP contribution in [-0.2, 0) is 0 Å². The number of rotatable bonds is 5. The topological polar surface area (TPSA) is 44.8 Å². The van der Waals surface area contributed by atoms with Gasteiger partial charge in [-0.3, -0.25) is 0 Å². The maximum Gasteiger partial charge on any atom is 0.422 e. The summed E-state index contributed by atoms with van der Waals surface area (Å²) in [5.41, 5.74) is 0.229. The van der Waals surface area contributed by atoms with Crippen molar-refractivity contribution in [1.29, 1.82) is 0 Å². The number of alkyl halides is 3. The van der Waals surface area contributed by atoms with E-state index in [4.69, 9.17) is 4.74 Å². The summed E-state index contributed by atoms with van der Waals surface area (Å²) in [6, 6.07) is 5.87. The first-order chi connectivity index (χ1) is 12.2. The number of nitrogens with zero attached hydrogens (tertiary/aromatic N) is 2. The van der Waals surface area contributed by atoms with Crippen molar-refractivity contribution < 1.29 is 22.7 Å². The molecule has 2 amide bonds. The van der Waals surface area contributed by atoms with Crippen LogP contribution in [0.5, 0.6) is 5.75 Å². The van der Waals surface area contributed by atoms with Crippen LogP contribution in [0.3, 0.4) is 0 Å². The molecule has 1 aliphatic heterocycles. The van der Waals surface area contributed by atoms with E-state index in [-0.39, 0.29) is 23.5 Å². The molecule has 1 aliphatic rings. The van der Waals surface area contributed by atoms with Crippen molar-refractivity contribution in [3.8, 4) is 5.75 Å². The maximum atomic E-state index is 12.6. The van der Waals surface area contributed by atoms with Gasteiger partial charge in [-0.2, -0.15) is 13.2 Å². The van der Waals surface area contributed by atoms with Gasteiger partial charge in [-0.25, -0.2) is 4.79 Å². The third-order valence-electron chi connectivity index (χ3n) is 4.73. The second-order valence-electron chi connectivity index (χ2n) is 6.67. The van der Waals surface area contributed by atoms with E-state index in [0.29, 0.717) is 5.92 Å². The predicted octanol–water partition coefficient (Wildman–Crippen LogP) is 3.82. The van der Waals surface area contributed by atoms with Crippen molar-refractivity contribution >= 4 is 11.7 Å². The molecule has 2 atom stereocenters. The van der Waals surface area contributed by atoms with Crippen molar-refractivity contribution in [2.75, 3.05) is 38.6 Å². The Morgan fingerprint density at radius 3 is 2.69 bits per heavy atom. The van der Waals surface area contributed by atoms with Crippen LogP contribution in [0, 0.1) is 5.92 Å². The van der Waals surface area contributed by atoms with E-state index >= 15 is 0 Å². The average molecular weight is 373 g/mol. The number of urea groups is 1. The number of carbonyl (C=O) groups is 1. The molecular weight excluding hydrogens is 347 g/mol. The first kappa shape index (κ1) is 20.4. The van der Waals surface area contributed by atoms with Crippen LogP contribution in [0.15, 0.2) is 24.3 Å². The molecule has 146 valence electrons. The Morgan fingerprint density at radius 1 is 1.38 bits per heavy atom. The normalized spacial score (nSPS) is 21.3. The molecule has 1 aromatic rings. The van der Waals surface area contributed by atoms with Crippen LogP contribution in [0.2, 0.25) is 0 Å². The second kappa shape index (κ2) is 8.62. The van der Waals surface area contributed by atoms with E-state index in [1.165, 1.54) is 12.1 Å². The Labute approximate surface area is 152 Å². The molecule has 0 radical (unpaired) electrons. The lowest BCUT2D eigenvalue weighted by Crippen LogP contribution is -2.51. The van der Waals surface area contributed by atoms with Gasteiger partial charge in [-0.15, -0.1) is 0 Å². The number of likely N-dealkylation sites (tertiary alicyclic amines) is 1. The highest BCUT2D eigenvalue weighted by molar-refractivity contribution is 5.91. The minimum absolute atomic E-state index is 0.000394. The van der Waals surface area contributed by atoms with Gasteiger partial charge in [0.25, 0.3) is 0 Å². The number of hydrogen-bond donors (Lipinski definition) is 1. The molecule has 1 heterocycles. The lowest BCUT2D eigenvalue weighted by Gasteiger charge is -2.40. The van der Waals surface area contributed by atoms with Gasteiger partial charge in [0.15, 0.2) is 6.61 Å². The SMILES string of the molecule is CCN1CC[C@H](N(C)C(=O)Nc2ccccc2OCC(F)(F)F)[C@H](C)C1. The zero-order valence-corrected chi connectivity index (χ0v) is 15.3. The number of halogens is 3. The number of carbonyl (C=O) groups excluding carboxylic acids is 1. The fraction of sp³-hybridized carbons (Fsp3) is 0.611. The number of anilines is 1. The van der Waals surface area contributed by atoms with Gasteiger partial charge in [0.2, 0.25) is 0 Å². The second-order valence-corrected chi connectivity index (χ2v) is 6.67. The smallest absolute Gasteiger partial charge is 0.422 e. The van der Waals surface area contributed by atoms with E-state index in [1.54, 1.807) is 24.1 Å². The van der Waals surface area contributed by atoms with Crippen molar-refractivity contribution in [1.82, 2.24) is 9.80 Å². The first-order valence-electron chi connectivity index (χ1n) is 8.76. The molecule has 1 aromatic carbocycles. The maximum absolute atomic E-state index is 12.6. The number of benzene rings is 1. The Kier molecular flexibility index (Phi) is 6.75. The van der Waals surface area contributed by atoms with Crippen molar-refractivity contribution in [3.63, 3.8) is 0 Å². The van der Waals surface area contributed by atoms with Crippen molar-refractivity contribution in [3.05, 3.63) is 24.3 Å². The highest BCUT2D eigenvalue weighted by atomic mass is 19.4. The lowest BCUT2D eigenvalue weighted by atomic mass is 9.93. The minimum atomic E-state index is -4.43. The van der Waals surface area contributed by atoms with Crippen LogP contribution in [0.4, 0.5) is 23.7 Å². The Morgan fingerprint density at radius 2 is 2.08 bits per heavy atom. The highest BCUT2D eigenvalue weighted by Crippen LogP contribution is 2.27. The quantitative estimate of drug-likeness (QED) is 0.853. The molecule has 0 saturated carbocycles. The van der Waals surface area contributed by atoms with Gasteiger partial charge in [-0.05, 0) is 31.0 Å². The monoisotopic (exact) mass is 373 g/mol. The largest absolute Gasteiger partial charge is 0.482 e. The van der Waals surface area contributed by atoms with E-state index in [9.17, 15) is 18.0 Å². The van der Waals surface area contributed by atoms with E-state index < -0.39 is 12.8 Å². The van der Waals surface area contributed by atoms with Gasteiger partial charge in [0, 0.05) is 26.2 Å².